The van der Waals surface area contributed by atoms with Gasteiger partial charge in [0.1, 0.15) is 5.69 Å². The molecule has 0 aliphatic heterocycles. The Kier molecular flexibility index (Phi) is 4.71. The van der Waals surface area contributed by atoms with E-state index in [1.165, 1.54) is 0 Å². The maximum absolute atomic E-state index is 11.8. The monoisotopic (exact) mass is 320 g/mol. The van der Waals surface area contributed by atoms with Gasteiger partial charge in [-0.05, 0) is 12.1 Å². The summed E-state index contributed by atoms with van der Waals surface area (Å²) in [7, 11) is -1.61. The quantitative estimate of drug-likeness (QED) is 0.867. The lowest BCUT2D eigenvalue weighted by Gasteiger charge is -2.06. The molecule has 0 aliphatic rings. The van der Waals surface area contributed by atoms with Crippen LogP contribution in [-0.2, 0) is 21.7 Å². The highest BCUT2D eigenvalue weighted by Crippen LogP contribution is 2.20. The molecule has 116 valence electrons. The van der Waals surface area contributed by atoms with Gasteiger partial charge in [-0.1, -0.05) is 23.9 Å². The smallest absolute Gasteiger partial charge is 0.225 e. The van der Waals surface area contributed by atoms with Crippen LogP contribution in [0.3, 0.4) is 0 Å². The van der Waals surface area contributed by atoms with E-state index in [9.17, 15) is 13.2 Å². The van der Waals surface area contributed by atoms with Gasteiger partial charge < -0.3 is 5.32 Å². The Bertz CT molecular complexity index is 796. The molecule has 8 heteroatoms. The van der Waals surface area contributed by atoms with E-state index in [0.29, 0.717) is 11.4 Å². The lowest BCUT2D eigenvalue weighted by atomic mass is 10.1. The van der Waals surface area contributed by atoms with Crippen molar-refractivity contribution in [1.82, 2.24) is 15.0 Å². The second-order valence-electron chi connectivity index (χ2n) is 4.69. The Morgan fingerprint density at radius 1 is 1.45 bits per heavy atom. The van der Waals surface area contributed by atoms with Crippen molar-refractivity contribution in [2.24, 2.45) is 7.05 Å². The fraction of sp³-hybridized carbons (Fsp3) is 0.214. The number of nitrogens with zero attached hydrogens (tertiary/aromatic N) is 3. The van der Waals surface area contributed by atoms with E-state index >= 15 is 0 Å². The van der Waals surface area contributed by atoms with E-state index in [0.717, 1.165) is 11.0 Å². The normalized spacial score (nSPS) is 11.1. The molecule has 1 aromatic carbocycles. The van der Waals surface area contributed by atoms with Crippen LogP contribution in [0.4, 0.5) is 5.69 Å². The highest BCUT2D eigenvalue weighted by atomic mass is 32.2. The van der Waals surface area contributed by atoms with Gasteiger partial charge in [-0.15, -0.1) is 5.10 Å². The van der Waals surface area contributed by atoms with Crippen LogP contribution in [0.15, 0.2) is 42.4 Å². The molecule has 0 unspecified atom stereocenters. The van der Waals surface area contributed by atoms with Crippen molar-refractivity contribution < 1.29 is 13.2 Å². The van der Waals surface area contributed by atoms with Crippen molar-refractivity contribution in [1.29, 1.82) is 0 Å². The zero-order valence-electron chi connectivity index (χ0n) is 12.1. The molecule has 0 saturated carbocycles. The van der Waals surface area contributed by atoms with Gasteiger partial charge in [0.2, 0.25) is 5.91 Å². The van der Waals surface area contributed by atoms with Gasteiger partial charge in [0, 0.05) is 30.1 Å². The summed E-state index contributed by atoms with van der Waals surface area (Å²) in [6, 6.07) is 7.10. The molecule has 1 aromatic heterocycles. The van der Waals surface area contributed by atoms with Crippen LogP contribution in [0, 0.1) is 0 Å². The van der Waals surface area contributed by atoms with E-state index in [4.69, 9.17) is 0 Å². The number of carbonyl (C=O) groups excluding carboxylic acids is 1. The van der Waals surface area contributed by atoms with Crippen LogP contribution in [-0.4, -0.2) is 35.1 Å². The third-order valence-electron chi connectivity index (χ3n) is 2.91. The van der Waals surface area contributed by atoms with Crippen molar-refractivity contribution in [3.8, 4) is 11.3 Å². The molecular formula is C14H16N4O3S. The number of aromatic nitrogens is 3. The molecule has 0 radical (unpaired) electrons. The number of benzene rings is 1. The van der Waals surface area contributed by atoms with Crippen molar-refractivity contribution in [3.63, 3.8) is 0 Å². The Balaban J connectivity index is 2.04. The molecule has 2 aromatic rings. The second-order valence-corrected chi connectivity index (χ2v) is 6.76. The number of rotatable bonds is 6. The first-order valence-corrected chi connectivity index (χ1v) is 8.23. The molecule has 2 rings (SSSR count). The number of hydrogen-bond donors (Lipinski definition) is 1. The summed E-state index contributed by atoms with van der Waals surface area (Å²) in [5, 5.41) is 11.4. The lowest BCUT2D eigenvalue weighted by molar-refractivity contribution is -0.115. The zero-order valence-corrected chi connectivity index (χ0v) is 12.9. The number of aryl methyl sites for hydroxylation is 1. The molecule has 1 N–H and O–H groups in total. The standard InChI is InChI=1S/C14H16N4O3S/c1-3-22(20,21)8-7-14(19)15-12-6-4-5-11(9-12)13-10-18(2)17-16-13/h3-6,9-10H,1,7-8H2,2H3,(H,15,19). The molecule has 0 aliphatic carbocycles. The van der Waals surface area contributed by atoms with E-state index in [-0.39, 0.29) is 18.1 Å². The minimum Gasteiger partial charge on any atom is -0.326 e. The molecule has 0 atom stereocenters. The molecule has 0 bridgehead atoms. The van der Waals surface area contributed by atoms with Crippen LogP contribution in [0.1, 0.15) is 6.42 Å². The van der Waals surface area contributed by atoms with Gasteiger partial charge in [0.05, 0.1) is 11.9 Å². The summed E-state index contributed by atoms with van der Waals surface area (Å²) >= 11 is 0. The van der Waals surface area contributed by atoms with Crippen LogP contribution < -0.4 is 5.32 Å². The van der Waals surface area contributed by atoms with Crippen LogP contribution in [0.25, 0.3) is 11.3 Å². The molecule has 7 nitrogen and oxygen atoms in total. The predicted molar refractivity (Wildman–Crippen MR) is 83.7 cm³/mol. The van der Waals surface area contributed by atoms with Crippen molar-refractivity contribution >= 4 is 21.4 Å². The molecule has 0 saturated heterocycles. The highest BCUT2D eigenvalue weighted by Gasteiger charge is 2.10. The third-order valence-corrected chi connectivity index (χ3v) is 4.19. The van der Waals surface area contributed by atoms with Crippen LogP contribution >= 0.6 is 0 Å². The van der Waals surface area contributed by atoms with E-state index in [1.54, 1.807) is 36.1 Å². The molecule has 1 amide bonds. The number of anilines is 1. The molecule has 0 spiro atoms. The van der Waals surface area contributed by atoms with Crippen molar-refractivity contribution in [3.05, 3.63) is 42.4 Å². The maximum Gasteiger partial charge on any atom is 0.225 e. The lowest BCUT2D eigenvalue weighted by Crippen LogP contribution is -2.16. The van der Waals surface area contributed by atoms with E-state index in [2.05, 4.69) is 22.2 Å². The van der Waals surface area contributed by atoms with Gasteiger partial charge in [0.15, 0.2) is 9.84 Å². The molecule has 0 fully saturated rings. The largest absolute Gasteiger partial charge is 0.326 e. The maximum atomic E-state index is 11.8. The first kappa shape index (κ1) is 15.9. The first-order valence-electron chi connectivity index (χ1n) is 6.51. The van der Waals surface area contributed by atoms with Gasteiger partial charge in [-0.2, -0.15) is 0 Å². The minimum absolute atomic E-state index is 0.121. The molecule has 22 heavy (non-hydrogen) atoms. The Morgan fingerprint density at radius 2 is 2.23 bits per heavy atom. The summed E-state index contributed by atoms with van der Waals surface area (Å²) in [4.78, 5) is 11.8. The molecular weight excluding hydrogens is 304 g/mol. The fourth-order valence-electron chi connectivity index (χ4n) is 1.78. The summed E-state index contributed by atoms with van der Waals surface area (Å²) in [6.45, 7) is 3.21. The predicted octanol–water partition coefficient (Wildman–Crippen LogP) is 1.37. The number of amides is 1. The summed E-state index contributed by atoms with van der Waals surface area (Å²) in [6.07, 6.45) is 1.64. The van der Waals surface area contributed by atoms with Crippen LogP contribution in [0.2, 0.25) is 0 Å². The van der Waals surface area contributed by atoms with Gasteiger partial charge >= 0.3 is 0 Å². The van der Waals surface area contributed by atoms with Gasteiger partial charge in [-0.25, -0.2) is 8.42 Å². The van der Waals surface area contributed by atoms with Crippen molar-refractivity contribution in [2.45, 2.75) is 6.42 Å². The van der Waals surface area contributed by atoms with Gasteiger partial charge in [-0.3, -0.25) is 9.48 Å². The average molecular weight is 320 g/mol. The Hall–Kier alpha value is -2.48. The Labute approximate surface area is 128 Å². The number of hydrogen-bond acceptors (Lipinski definition) is 5. The number of carbonyl (C=O) groups is 1. The second kappa shape index (κ2) is 6.52. The summed E-state index contributed by atoms with van der Waals surface area (Å²) < 4.78 is 24.1. The van der Waals surface area contributed by atoms with Crippen molar-refractivity contribution in [2.75, 3.05) is 11.1 Å². The third kappa shape index (κ3) is 4.26. The van der Waals surface area contributed by atoms with E-state index in [1.807, 2.05) is 6.07 Å². The summed E-state index contributed by atoms with van der Waals surface area (Å²) in [5.74, 6) is -0.631. The average Bonchev–Trinajstić information content (AvgIpc) is 2.92. The first-order chi connectivity index (χ1) is 10.4. The zero-order chi connectivity index (χ0) is 16.2. The highest BCUT2D eigenvalue weighted by molar-refractivity contribution is 7.94. The Morgan fingerprint density at radius 3 is 2.86 bits per heavy atom. The fourth-order valence-corrected chi connectivity index (χ4v) is 2.41. The van der Waals surface area contributed by atoms with Crippen LogP contribution in [0.5, 0.6) is 0 Å². The number of sulfone groups is 1. The SMILES string of the molecule is C=CS(=O)(=O)CCC(=O)Nc1cccc(-c2cn(C)nn2)c1. The minimum atomic E-state index is -3.37. The number of nitrogens with one attached hydrogen (secondary N) is 1. The summed E-state index contributed by atoms with van der Waals surface area (Å²) in [5.41, 5.74) is 2.07. The van der Waals surface area contributed by atoms with E-state index < -0.39 is 9.84 Å². The van der Waals surface area contributed by atoms with Gasteiger partial charge in [0.25, 0.3) is 0 Å². The molecule has 1 heterocycles. The topological polar surface area (TPSA) is 94.0 Å².